The third-order valence-electron chi connectivity index (χ3n) is 4.35. The van der Waals surface area contributed by atoms with Gasteiger partial charge in [-0.15, -0.1) is 0 Å². The van der Waals surface area contributed by atoms with E-state index in [9.17, 15) is 4.21 Å². The smallest absolute Gasteiger partial charge is 0.150 e. The second kappa shape index (κ2) is 7.30. The Morgan fingerprint density at radius 1 is 1.04 bits per heavy atom. The van der Waals surface area contributed by atoms with E-state index < -0.39 is 10.8 Å². The maximum absolute atomic E-state index is 12.0. The van der Waals surface area contributed by atoms with Gasteiger partial charge in [-0.25, -0.2) is 9.97 Å². The number of nitrogen functional groups attached to an aromatic ring is 1. The zero-order valence-electron chi connectivity index (χ0n) is 14.4. The molecule has 0 saturated heterocycles. The molecule has 7 heteroatoms. The normalized spacial score (nSPS) is 12.3. The van der Waals surface area contributed by atoms with Gasteiger partial charge in [0.25, 0.3) is 0 Å². The van der Waals surface area contributed by atoms with Crippen LogP contribution in [0.25, 0.3) is 27.8 Å². The Bertz CT molecular complexity index is 1110. The first-order chi connectivity index (χ1) is 13.2. The largest absolute Gasteiger partial charge is 0.395 e. The summed E-state index contributed by atoms with van der Waals surface area (Å²) >= 11 is 0. The van der Waals surface area contributed by atoms with E-state index in [4.69, 9.17) is 10.8 Å². The third kappa shape index (κ3) is 3.22. The van der Waals surface area contributed by atoms with Crippen molar-refractivity contribution in [2.24, 2.45) is 0 Å². The first-order valence-electron chi connectivity index (χ1n) is 8.45. The van der Waals surface area contributed by atoms with Crippen molar-refractivity contribution in [3.63, 3.8) is 0 Å². The molecular formula is C20H18N4O2S. The molecule has 0 fully saturated rings. The van der Waals surface area contributed by atoms with E-state index in [-0.39, 0.29) is 12.4 Å². The summed E-state index contributed by atoms with van der Waals surface area (Å²) in [5.41, 5.74) is 9.73. The highest BCUT2D eigenvalue weighted by Crippen LogP contribution is 2.34. The number of aromatic nitrogens is 3. The average molecular weight is 378 g/mol. The Morgan fingerprint density at radius 3 is 2.48 bits per heavy atom. The molecule has 0 aliphatic heterocycles. The predicted molar refractivity (Wildman–Crippen MR) is 107 cm³/mol. The number of hydrogen-bond acceptors (Lipinski definition) is 5. The maximum atomic E-state index is 12.0. The van der Waals surface area contributed by atoms with E-state index in [1.165, 1.54) is 6.33 Å². The van der Waals surface area contributed by atoms with Crippen LogP contribution in [0.3, 0.4) is 0 Å². The Hall–Kier alpha value is -3.03. The van der Waals surface area contributed by atoms with Crippen molar-refractivity contribution >= 4 is 27.7 Å². The van der Waals surface area contributed by atoms with Crippen molar-refractivity contribution in [3.8, 4) is 16.8 Å². The molecule has 0 saturated carbocycles. The van der Waals surface area contributed by atoms with Gasteiger partial charge in [-0.1, -0.05) is 30.3 Å². The fourth-order valence-corrected chi connectivity index (χ4v) is 3.92. The molecule has 27 heavy (non-hydrogen) atoms. The summed E-state index contributed by atoms with van der Waals surface area (Å²) < 4.78 is 14.0. The summed E-state index contributed by atoms with van der Waals surface area (Å²) in [7, 11) is -1.21. The van der Waals surface area contributed by atoms with Crippen molar-refractivity contribution in [1.82, 2.24) is 14.5 Å². The number of benzene rings is 2. The molecular weight excluding hydrogens is 360 g/mol. The number of rotatable bonds is 5. The zero-order valence-corrected chi connectivity index (χ0v) is 15.3. The first kappa shape index (κ1) is 17.4. The highest BCUT2D eigenvalue weighted by atomic mass is 32.2. The van der Waals surface area contributed by atoms with Crippen LogP contribution in [0.2, 0.25) is 0 Å². The SMILES string of the molecule is Nc1ncnc2c1c(-c1ccccc1)cn2-c1ccc(S(=O)CCO)cc1. The maximum Gasteiger partial charge on any atom is 0.150 e. The molecule has 2 aromatic heterocycles. The summed E-state index contributed by atoms with van der Waals surface area (Å²) in [6.45, 7) is -0.104. The number of aliphatic hydroxyl groups excluding tert-OH is 1. The molecule has 1 unspecified atom stereocenters. The topological polar surface area (TPSA) is 94.0 Å². The standard InChI is InChI=1S/C20H18N4O2S/c21-19-18-17(14-4-2-1-3-5-14)12-24(20(18)23-13-22-19)15-6-8-16(9-7-15)27(26)11-10-25/h1-9,12-13,25H,10-11H2,(H2,21,22,23). The molecule has 0 bridgehead atoms. The molecule has 1 atom stereocenters. The van der Waals surface area contributed by atoms with Gasteiger partial charge in [-0.05, 0) is 29.8 Å². The van der Waals surface area contributed by atoms with Gasteiger partial charge in [0.05, 0.1) is 28.5 Å². The number of fused-ring (bicyclic) bond motifs is 1. The minimum Gasteiger partial charge on any atom is -0.395 e. The van der Waals surface area contributed by atoms with Gasteiger partial charge >= 0.3 is 0 Å². The quantitative estimate of drug-likeness (QED) is 0.557. The van der Waals surface area contributed by atoms with Crippen LogP contribution < -0.4 is 5.73 Å². The van der Waals surface area contributed by atoms with Crippen LogP contribution in [-0.4, -0.2) is 36.2 Å². The van der Waals surface area contributed by atoms with Crippen LogP contribution in [0, 0.1) is 0 Å². The zero-order chi connectivity index (χ0) is 18.8. The lowest BCUT2D eigenvalue weighted by molar-refractivity contribution is 0.321. The highest BCUT2D eigenvalue weighted by Gasteiger charge is 2.16. The summed E-state index contributed by atoms with van der Waals surface area (Å²) in [5, 5.41) is 9.77. The molecule has 136 valence electrons. The van der Waals surface area contributed by atoms with E-state index in [0.29, 0.717) is 16.4 Å². The number of hydrogen-bond donors (Lipinski definition) is 2. The van der Waals surface area contributed by atoms with Crippen molar-refractivity contribution in [1.29, 1.82) is 0 Å². The Morgan fingerprint density at radius 2 is 1.78 bits per heavy atom. The molecule has 6 nitrogen and oxygen atoms in total. The van der Waals surface area contributed by atoms with Gasteiger partial charge < -0.3 is 15.4 Å². The minimum absolute atomic E-state index is 0.104. The van der Waals surface area contributed by atoms with Crippen LogP contribution in [0.4, 0.5) is 5.82 Å². The molecule has 0 aliphatic carbocycles. The van der Waals surface area contributed by atoms with E-state index in [0.717, 1.165) is 22.2 Å². The van der Waals surface area contributed by atoms with Crippen molar-refractivity contribution < 1.29 is 9.32 Å². The number of anilines is 1. The molecule has 2 aromatic carbocycles. The molecule has 0 radical (unpaired) electrons. The Balaban J connectivity index is 1.86. The number of nitrogens with two attached hydrogens (primary N) is 1. The van der Waals surface area contributed by atoms with Crippen LogP contribution >= 0.6 is 0 Å². The third-order valence-corrected chi connectivity index (χ3v) is 5.70. The molecule has 0 amide bonds. The monoisotopic (exact) mass is 378 g/mol. The van der Waals surface area contributed by atoms with Crippen LogP contribution in [0.1, 0.15) is 0 Å². The molecule has 3 N–H and O–H groups in total. The van der Waals surface area contributed by atoms with Crippen molar-refractivity contribution in [3.05, 3.63) is 67.1 Å². The highest BCUT2D eigenvalue weighted by molar-refractivity contribution is 7.85. The second-order valence-corrected chi connectivity index (χ2v) is 7.57. The van der Waals surface area contributed by atoms with Crippen LogP contribution in [0.15, 0.2) is 72.0 Å². The van der Waals surface area contributed by atoms with E-state index in [1.54, 1.807) is 12.1 Å². The van der Waals surface area contributed by atoms with Crippen LogP contribution in [-0.2, 0) is 10.8 Å². The van der Waals surface area contributed by atoms with Crippen LogP contribution in [0.5, 0.6) is 0 Å². The molecule has 0 spiro atoms. The molecule has 2 heterocycles. The van der Waals surface area contributed by atoms with Crippen molar-refractivity contribution in [2.45, 2.75) is 4.90 Å². The predicted octanol–water partition coefficient (Wildman–Crippen LogP) is 2.77. The lowest BCUT2D eigenvalue weighted by Crippen LogP contribution is -2.02. The van der Waals surface area contributed by atoms with E-state index in [1.807, 2.05) is 53.2 Å². The Kier molecular flexibility index (Phi) is 4.70. The summed E-state index contributed by atoms with van der Waals surface area (Å²) in [4.78, 5) is 9.26. The van der Waals surface area contributed by atoms with Gasteiger partial charge in [0.2, 0.25) is 0 Å². The average Bonchev–Trinajstić information content (AvgIpc) is 3.10. The first-order valence-corrected chi connectivity index (χ1v) is 9.77. The molecule has 4 aromatic rings. The Labute approximate surface area is 158 Å². The van der Waals surface area contributed by atoms with Crippen molar-refractivity contribution in [2.75, 3.05) is 18.1 Å². The second-order valence-electron chi connectivity index (χ2n) is 6.00. The number of nitrogens with zero attached hydrogens (tertiary/aromatic N) is 3. The fourth-order valence-electron chi connectivity index (χ4n) is 3.08. The summed E-state index contributed by atoms with van der Waals surface area (Å²) in [6.07, 6.45) is 3.44. The van der Waals surface area contributed by atoms with Gasteiger partial charge in [0, 0.05) is 22.3 Å². The van der Waals surface area contributed by atoms with Gasteiger partial charge in [0.15, 0.2) is 5.65 Å². The van der Waals surface area contributed by atoms with Gasteiger partial charge in [-0.3, -0.25) is 4.21 Å². The van der Waals surface area contributed by atoms with Gasteiger partial charge in [0.1, 0.15) is 12.1 Å². The fraction of sp³-hybridized carbons (Fsp3) is 0.100. The van der Waals surface area contributed by atoms with E-state index >= 15 is 0 Å². The summed E-state index contributed by atoms with van der Waals surface area (Å²) in [6, 6.07) is 17.3. The number of aliphatic hydroxyl groups is 1. The van der Waals surface area contributed by atoms with E-state index in [2.05, 4.69) is 9.97 Å². The molecule has 4 rings (SSSR count). The summed E-state index contributed by atoms with van der Waals surface area (Å²) in [5.74, 6) is 0.659. The lowest BCUT2D eigenvalue weighted by atomic mass is 10.1. The minimum atomic E-state index is -1.21. The molecule has 0 aliphatic rings. The lowest BCUT2D eigenvalue weighted by Gasteiger charge is -2.06. The van der Waals surface area contributed by atoms with Gasteiger partial charge in [-0.2, -0.15) is 0 Å².